The summed E-state index contributed by atoms with van der Waals surface area (Å²) in [4.78, 5) is 9.17. The molecule has 0 saturated carbocycles. The first-order valence-corrected chi connectivity index (χ1v) is 4.37. The van der Waals surface area contributed by atoms with Crippen molar-refractivity contribution in [2.75, 3.05) is 0 Å². The molecule has 5 nitrogen and oxygen atoms in total. The zero-order valence-corrected chi connectivity index (χ0v) is 7.08. The first-order chi connectivity index (χ1) is 5.39. The number of hydrogen-bond acceptors (Lipinski definition) is 3. The molecule has 0 bridgehead atoms. The van der Waals surface area contributed by atoms with Gasteiger partial charge in [-0.2, -0.15) is 8.42 Å². The lowest BCUT2D eigenvalue weighted by Gasteiger charge is -1.94. The summed E-state index contributed by atoms with van der Waals surface area (Å²) in [5, 5.41) is 8.29. The van der Waals surface area contributed by atoms with Crippen molar-refractivity contribution in [1.82, 2.24) is 0 Å². The van der Waals surface area contributed by atoms with Crippen molar-refractivity contribution in [3.05, 3.63) is 23.1 Å². The molecule has 0 amide bonds. The summed E-state index contributed by atoms with van der Waals surface area (Å²) in [7, 11) is -4.63. The Morgan fingerprint density at radius 3 is 2.17 bits per heavy atom. The van der Waals surface area contributed by atoms with Crippen molar-refractivity contribution < 1.29 is 22.9 Å². The number of rotatable bonds is 3. The van der Waals surface area contributed by atoms with Crippen LogP contribution in [0.3, 0.4) is 0 Å². The molecule has 0 rings (SSSR count). The van der Waals surface area contributed by atoms with E-state index in [4.69, 9.17) is 9.66 Å². The molecule has 0 heterocycles. The van der Waals surface area contributed by atoms with Gasteiger partial charge in [0.25, 0.3) is 0 Å². The number of allylic oxidation sites excluding steroid dienone is 3. The van der Waals surface area contributed by atoms with E-state index in [1.807, 2.05) is 0 Å². The molecule has 0 aromatic carbocycles. The maximum Gasteiger partial charge on any atom is 0.349 e. The van der Waals surface area contributed by atoms with Gasteiger partial charge in [0.05, 0.1) is 0 Å². The zero-order valence-electron chi connectivity index (χ0n) is 6.26. The molecule has 0 spiro atoms. The SMILES string of the molecule is CC=CC=C(C(=O)O)S(=O)(=O)O. The summed E-state index contributed by atoms with van der Waals surface area (Å²) in [6.07, 6.45) is 3.45. The third-order valence-electron chi connectivity index (χ3n) is 0.929. The molecule has 0 aliphatic rings. The Bertz CT molecular complexity index is 322. The monoisotopic (exact) mass is 192 g/mol. The minimum atomic E-state index is -4.63. The van der Waals surface area contributed by atoms with Gasteiger partial charge in [0.1, 0.15) is 0 Å². The van der Waals surface area contributed by atoms with Gasteiger partial charge in [-0.3, -0.25) is 4.55 Å². The molecule has 0 aliphatic carbocycles. The van der Waals surface area contributed by atoms with E-state index in [2.05, 4.69) is 0 Å². The highest BCUT2D eigenvalue weighted by Crippen LogP contribution is 2.03. The fourth-order valence-electron chi connectivity index (χ4n) is 0.451. The van der Waals surface area contributed by atoms with Gasteiger partial charge in [-0.15, -0.1) is 0 Å². The Morgan fingerprint density at radius 2 is 1.92 bits per heavy atom. The van der Waals surface area contributed by atoms with E-state index in [-0.39, 0.29) is 0 Å². The molecule has 0 aromatic heterocycles. The first-order valence-electron chi connectivity index (χ1n) is 2.93. The number of carbonyl (C=O) groups is 1. The van der Waals surface area contributed by atoms with Gasteiger partial charge in [0.15, 0.2) is 4.91 Å². The second-order valence-electron chi connectivity index (χ2n) is 1.84. The van der Waals surface area contributed by atoms with Crippen LogP contribution in [-0.4, -0.2) is 24.0 Å². The van der Waals surface area contributed by atoms with Crippen LogP contribution in [-0.2, 0) is 14.9 Å². The fraction of sp³-hybridized carbons (Fsp3) is 0.167. The molecule has 68 valence electrons. The molecule has 0 aromatic rings. The molecule has 0 atom stereocenters. The van der Waals surface area contributed by atoms with Gasteiger partial charge in [-0.05, 0) is 13.0 Å². The van der Waals surface area contributed by atoms with Crippen LogP contribution in [0.1, 0.15) is 6.92 Å². The number of aliphatic carboxylic acids is 1. The van der Waals surface area contributed by atoms with Crippen LogP contribution in [0.15, 0.2) is 23.1 Å². The fourth-order valence-corrected chi connectivity index (χ4v) is 0.922. The van der Waals surface area contributed by atoms with Crippen molar-refractivity contribution in [2.24, 2.45) is 0 Å². The maximum atomic E-state index is 10.4. The molecule has 6 heteroatoms. The lowest BCUT2D eigenvalue weighted by Crippen LogP contribution is -2.11. The molecule has 2 N–H and O–H groups in total. The number of carboxylic acids is 1. The van der Waals surface area contributed by atoms with Crippen LogP contribution in [0.25, 0.3) is 0 Å². The second-order valence-corrected chi connectivity index (χ2v) is 3.23. The topological polar surface area (TPSA) is 91.7 Å². The lowest BCUT2D eigenvalue weighted by atomic mass is 10.4. The Hall–Kier alpha value is -1.14. The summed E-state index contributed by atoms with van der Waals surface area (Å²) < 4.78 is 29.1. The minimum Gasteiger partial charge on any atom is -0.477 e. The van der Waals surface area contributed by atoms with Crippen LogP contribution in [0.5, 0.6) is 0 Å². The van der Waals surface area contributed by atoms with Crippen molar-refractivity contribution in [3.8, 4) is 0 Å². The Balaban J connectivity index is 5.08. The predicted molar refractivity (Wildman–Crippen MR) is 42.1 cm³/mol. The highest BCUT2D eigenvalue weighted by atomic mass is 32.2. The second kappa shape index (κ2) is 4.03. The van der Waals surface area contributed by atoms with E-state index >= 15 is 0 Å². The molecule has 0 saturated heterocycles. The summed E-state index contributed by atoms with van der Waals surface area (Å²) in [6.45, 7) is 1.58. The lowest BCUT2D eigenvalue weighted by molar-refractivity contribution is -0.131. The van der Waals surface area contributed by atoms with E-state index in [0.29, 0.717) is 0 Å². The van der Waals surface area contributed by atoms with E-state index in [1.54, 1.807) is 6.92 Å². The highest BCUT2D eigenvalue weighted by molar-refractivity contribution is 7.90. The van der Waals surface area contributed by atoms with Crippen LogP contribution >= 0.6 is 0 Å². The number of carboxylic acid groups (broad SMARTS) is 1. The largest absolute Gasteiger partial charge is 0.477 e. The quantitative estimate of drug-likeness (QED) is 0.384. The van der Waals surface area contributed by atoms with Crippen LogP contribution in [0.4, 0.5) is 0 Å². The summed E-state index contributed by atoms with van der Waals surface area (Å²) >= 11 is 0. The molecule has 12 heavy (non-hydrogen) atoms. The highest BCUT2D eigenvalue weighted by Gasteiger charge is 2.20. The van der Waals surface area contributed by atoms with Crippen LogP contribution < -0.4 is 0 Å². The van der Waals surface area contributed by atoms with Crippen LogP contribution in [0.2, 0.25) is 0 Å². The standard InChI is InChI=1S/C6H8O5S/c1-2-3-4-5(6(7)8)12(9,10)11/h2-4H,1H3,(H,7,8)(H,9,10,11). The Labute approximate surface area is 69.8 Å². The van der Waals surface area contributed by atoms with Crippen LogP contribution in [0, 0.1) is 0 Å². The Morgan fingerprint density at radius 1 is 1.42 bits per heavy atom. The zero-order chi connectivity index (χ0) is 9.78. The van der Waals surface area contributed by atoms with Gasteiger partial charge in [-0.25, -0.2) is 4.79 Å². The number of hydrogen-bond donors (Lipinski definition) is 2. The molecular formula is C6H8O5S. The smallest absolute Gasteiger partial charge is 0.349 e. The van der Waals surface area contributed by atoms with E-state index in [0.717, 1.165) is 6.08 Å². The van der Waals surface area contributed by atoms with Crippen molar-refractivity contribution >= 4 is 16.1 Å². The minimum absolute atomic E-state index is 0.803. The summed E-state index contributed by atoms with van der Waals surface area (Å²) in [5.74, 6) is -1.68. The molecule has 0 fully saturated rings. The van der Waals surface area contributed by atoms with Crippen molar-refractivity contribution in [2.45, 2.75) is 6.92 Å². The summed E-state index contributed by atoms with van der Waals surface area (Å²) in [6, 6.07) is 0. The van der Waals surface area contributed by atoms with Crippen molar-refractivity contribution in [1.29, 1.82) is 0 Å². The molecule has 0 unspecified atom stereocenters. The average molecular weight is 192 g/mol. The van der Waals surface area contributed by atoms with Gasteiger partial charge in [-0.1, -0.05) is 12.2 Å². The van der Waals surface area contributed by atoms with Gasteiger partial charge in [0.2, 0.25) is 0 Å². The van der Waals surface area contributed by atoms with E-state index in [1.165, 1.54) is 12.2 Å². The third-order valence-corrected chi connectivity index (χ3v) is 1.80. The molecule has 0 aliphatic heterocycles. The van der Waals surface area contributed by atoms with Gasteiger partial charge < -0.3 is 5.11 Å². The normalized spacial score (nSPS) is 13.7. The molecular weight excluding hydrogens is 184 g/mol. The summed E-state index contributed by atoms with van der Waals surface area (Å²) in [5.41, 5.74) is 0. The average Bonchev–Trinajstić information content (AvgIpc) is 1.84. The van der Waals surface area contributed by atoms with Gasteiger partial charge >= 0.3 is 16.1 Å². The first kappa shape index (κ1) is 10.9. The van der Waals surface area contributed by atoms with E-state index < -0.39 is 21.0 Å². The third kappa shape index (κ3) is 3.31. The Kier molecular flexibility index (Phi) is 3.65. The van der Waals surface area contributed by atoms with E-state index in [9.17, 15) is 13.2 Å². The predicted octanol–water partition coefficient (Wildman–Crippen LogP) is 0.419. The molecule has 0 radical (unpaired) electrons. The van der Waals surface area contributed by atoms with Crippen molar-refractivity contribution in [3.63, 3.8) is 0 Å². The maximum absolute atomic E-state index is 10.4. The van der Waals surface area contributed by atoms with Gasteiger partial charge in [0, 0.05) is 0 Å².